The molecule has 3 aromatic carbocycles. The minimum atomic E-state index is -2.13. The average Bonchev–Trinajstić information content (AvgIpc) is 1.02. The van der Waals surface area contributed by atoms with Gasteiger partial charge in [-0.15, -0.1) is 0 Å². The van der Waals surface area contributed by atoms with Crippen molar-refractivity contribution >= 4 is 134 Å². The molecule has 0 bridgehead atoms. The zero-order chi connectivity index (χ0) is 99.8. The van der Waals surface area contributed by atoms with E-state index in [0.29, 0.717) is 33.0 Å². The number of urea groups is 1. The highest BCUT2D eigenvalue weighted by atomic mass is 16.4. The smallest absolute Gasteiger partial charge is 0.324 e. The molecule has 3 aliphatic rings. The van der Waals surface area contributed by atoms with Gasteiger partial charge in [0.25, 0.3) is 5.91 Å². The van der Waals surface area contributed by atoms with Crippen molar-refractivity contribution in [3.8, 4) is 28.2 Å². The molecule has 1 fully saturated rings. The number of aliphatic carboxylic acids is 2. The fraction of sp³-hybridized carbons (Fsp3) is 0.495. The van der Waals surface area contributed by atoms with E-state index in [0.717, 1.165) is 9.80 Å². The molecule has 18 amide bonds. The van der Waals surface area contributed by atoms with Gasteiger partial charge >= 0.3 is 18.0 Å². The lowest BCUT2D eigenvalue weighted by Crippen LogP contribution is -2.62. The summed E-state index contributed by atoms with van der Waals surface area (Å²) < 4.78 is 6.09. The molecular formula is C91H123N19O25. The van der Waals surface area contributed by atoms with E-state index in [1.165, 1.54) is 75.5 Å². The Morgan fingerprint density at radius 3 is 1.58 bits per heavy atom. The lowest BCUT2D eigenvalue weighted by molar-refractivity contribution is -0.143. The summed E-state index contributed by atoms with van der Waals surface area (Å²) >= 11 is 0. The van der Waals surface area contributed by atoms with Gasteiger partial charge in [0.2, 0.25) is 88.6 Å². The number of carbonyl (C=O) groups excluding carboxylic acids is 17. The largest absolute Gasteiger partial charge is 0.508 e. The molecule has 1 aliphatic carbocycles. The van der Waals surface area contributed by atoms with Crippen molar-refractivity contribution in [3.05, 3.63) is 112 Å². The molecule has 44 heteroatoms. The average molecular weight is 1880 g/mol. The van der Waals surface area contributed by atoms with Crippen LogP contribution in [-0.2, 0) is 87.9 Å². The first kappa shape index (κ1) is 108. The zero-order valence-corrected chi connectivity index (χ0v) is 76.4. The highest BCUT2D eigenvalue weighted by molar-refractivity contribution is 6.13. The number of carboxylic acid groups (broad SMARTS) is 2. The highest BCUT2D eigenvalue weighted by Crippen LogP contribution is 2.42. The van der Waals surface area contributed by atoms with Crippen molar-refractivity contribution in [1.82, 2.24) is 78.6 Å². The summed E-state index contributed by atoms with van der Waals surface area (Å²) in [5, 5.41) is 71.9. The van der Waals surface area contributed by atoms with Crippen LogP contribution in [0.4, 0.5) is 4.79 Å². The lowest BCUT2D eigenvalue weighted by atomic mass is 9.90. The second-order valence-electron chi connectivity index (χ2n) is 34.5. The van der Waals surface area contributed by atoms with Gasteiger partial charge in [-0.3, -0.25) is 96.0 Å². The van der Waals surface area contributed by atoms with Crippen LogP contribution in [0.15, 0.2) is 100 Å². The number of amides is 18. The molecule has 732 valence electrons. The number of rotatable bonds is 26. The molecular weight excluding hydrogens is 1760 g/mol. The maximum Gasteiger partial charge on any atom is 0.324 e. The Hall–Kier alpha value is -14.5. The highest BCUT2D eigenvalue weighted by Gasteiger charge is 2.41. The minimum Gasteiger partial charge on any atom is -0.508 e. The number of nitrogens with two attached hydrogens (primary N) is 4. The first-order chi connectivity index (χ1) is 63.9. The van der Waals surface area contributed by atoms with Gasteiger partial charge in [0.15, 0.2) is 5.43 Å². The third-order valence-electron chi connectivity index (χ3n) is 22.4. The summed E-state index contributed by atoms with van der Waals surface area (Å²) in [5.41, 5.74) is 24.1. The van der Waals surface area contributed by atoms with Crippen LogP contribution in [0.1, 0.15) is 168 Å². The van der Waals surface area contributed by atoms with Crippen molar-refractivity contribution in [3.63, 3.8) is 0 Å². The van der Waals surface area contributed by atoms with Gasteiger partial charge in [0.05, 0.1) is 38.8 Å². The number of nitrogens with one attached hydrogen (secondary N) is 13. The number of aromatic amines is 1. The molecule has 12 atom stereocenters. The summed E-state index contributed by atoms with van der Waals surface area (Å²) in [5.74, 6) is -24.6. The molecule has 0 spiro atoms. The molecule has 0 radical (unpaired) electrons. The van der Waals surface area contributed by atoms with E-state index in [4.69, 9.17) is 27.4 Å². The number of primary amides is 3. The Morgan fingerprint density at radius 1 is 0.504 bits per heavy atom. The molecule has 4 aromatic rings. The number of unbranched alkanes of at least 4 members (excludes halogenated alkanes) is 1. The van der Waals surface area contributed by atoms with E-state index in [9.17, 15) is 107 Å². The van der Waals surface area contributed by atoms with Gasteiger partial charge in [-0.05, 0) is 123 Å². The number of aliphatic hydroxyl groups is 1. The van der Waals surface area contributed by atoms with E-state index in [-0.39, 0.29) is 118 Å². The van der Waals surface area contributed by atoms with Crippen molar-refractivity contribution < 1.29 is 116 Å². The number of phenols is 1. The van der Waals surface area contributed by atoms with Crippen LogP contribution in [0.3, 0.4) is 0 Å². The molecule has 44 nitrogen and oxygen atoms in total. The number of aliphatic hydroxyl groups excluding tert-OH is 1. The summed E-state index contributed by atoms with van der Waals surface area (Å²) in [7, 11) is 0. The maximum atomic E-state index is 15.6. The number of hydrogen-bond donors (Lipinski definition) is 21. The second-order valence-corrected chi connectivity index (χ2v) is 34.5. The Labute approximate surface area is 776 Å². The molecule has 135 heavy (non-hydrogen) atoms. The first-order valence-electron chi connectivity index (χ1n) is 44.6. The summed E-state index contributed by atoms with van der Waals surface area (Å²) in [4.78, 5) is 287. The van der Waals surface area contributed by atoms with E-state index in [2.05, 4.69) is 68.8 Å². The maximum absolute atomic E-state index is 15.6. The van der Waals surface area contributed by atoms with Crippen LogP contribution in [0.2, 0.25) is 0 Å². The van der Waals surface area contributed by atoms with Gasteiger partial charge < -0.3 is 121 Å². The number of H-pyrrole nitrogens is 1. The summed E-state index contributed by atoms with van der Waals surface area (Å²) in [6, 6.07) is -0.0800. The lowest BCUT2D eigenvalue weighted by Gasteiger charge is -2.31. The topological polar surface area (TPSA) is 706 Å². The zero-order valence-electron chi connectivity index (χ0n) is 76.4. The normalized spacial score (nSPS) is 21.9. The number of hydrogen-bond acceptors (Lipinski definition) is 24. The molecule has 2 aliphatic heterocycles. The number of aromatic nitrogens is 1. The van der Waals surface area contributed by atoms with Gasteiger partial charge in [0.1, 0.15) is 83.6 Å². The molecule has 1 aromatic heterocycles. The molecule has 0 unspecified atom stereocenters. The Kier molecular flexibility index (Phi) is 41.1. The third kappa shape index (κ3) is 32.2. The number of para-hydroxylation sites is 1. The standard InChI is InChI=1S/C91H123N19O25/c1-9-49(8)78-88(131)105-65(41-74(118)119)85(128)103-63(39-70(93)114)83(126)100-61(35-47(4)5)81(124)104-66(42-75(120)121)86(129)107-77(48(6)7)90(133)109(44-72(95)116)32-19-11-10-18-31-96-91(134)110(89(132)55-22-13-12-21-54(55)76-56-27-25-51(112)37-68(56)135-69-38-52(113)26-28-57(69)76)33-29-73(117)98-62(36-50-43-97-58-23-15-14-20-53(50)58)82(125)102-64(40-71(94)115)84(127)106-67(45-111)87(130)101-60(34-46(2)3)80(123)99-59(79(122)108-78)24-16-17-30-92/h12-15,20-23,25-28,37-38,43,46-49,59-67,77-78,97,111-112H,9-11,16-19,24,29-36,39-42,44-45,92H2,1-8H3,(H2,93,114)(H2,94,115)(H2,95,116)(H,96,134)(H,98,117)(H,99,123)(H,100,126)(H,101,130)(H,102,125)(H,103,128)(H,104,124)(H,105,131)(H,106,127)(H,107,129)(H,108,122)(H,118,119)(H,120,121)/t49-,59-,60-,61-,62-,63-,64-,65-,66-,67-,77-,78-/m0/s1. The number of carboxylic acids is 2. The fourth-order valence-corrected chi connectivity index (χ4v) is 15.3. The number of imide groups is 1. The molecule has 25 N–H and O–H groups in total. The van der Waals surface area contributed by atoms with Crippen LogP contribution in [0, 0.1) is 23.7 Å². The Balaban J connectivity index is 1.29. The Bertz CT molecular complexity index is 5340. The molecule has 1 saturated heterocycles. The quantitative estimate of drug-likeness (QED) is 0.0237. The SMILES string of the molecule is CC[C@H](C)[C@@H]1NC(=O)[C@H](CCCCN)NC(=O)[C@H](CC(C)C)NC(=O)[C@H](CO)NC(=O)[C@H](CC(N)=O)NC(=O)[C@H](Cc2c[nH]c3ccccc23)NC(=O)CCN(C(=O)c2ccccc2-c2c3ccc(=O)cc-3oc3cc(O)ccc23)C(=O)NCCCCCCN(CC(N)=O)C(=O)[C@H](C(C)C)NC(=O)[C@H](CC(=O)O)NC(=O)[C@H](CC(C)C)NC(=O)[C@H](CC(N)=O)NC(=O)[C@H](CC(=O)O)NC1=O. The van der Waals surface area contributed by atoms with E-state index < -0.39 is 260 Å². The van der Waals surface area contributed by atoms with Crippen LogP contribution in [-0.4, -0.2) is 253 Å². The van der Waals surface area contributed by atoms with Crippen LogP contribution in [0.5, 0.6) is 5.75 Å². The van der Waals surface area contributed by atoms with Crippen molar-refractivity contribution in [2.24, 2.45) is 46.6 Å². The molecule has 0 saturated carbocycles. The van der Waals surface area contributed by atoms with Crippen LogP contribution >= 0.6 is 0 Å². The summed E-state index contributed by atoms with van der Waals surface area (Å²) in [6.07, 6.45) is -3.25. The second kappa shape index (κ2) is 51.5. The van der Waals surface area contributed by atoms with Crippen molar-refractivity contribution in [2.45, 2.75) is 225 Å². The molecule has 7 rings (SSSR count). The van der Waals surface area contributed by atoms with E-state index in [1.54, 1.807) is 71.0 Å². The number of carbonyl (C=O) groups is 19. The number of aromatic hydroxyl groups is 1. The monoisotopic (exact) mass is 1880 g/mol. The van der Waals surface area contributed by atoms with Crippen molar-refractivity contribution in [2.75, 3.05) is 39.3 Å². The van der Waals surface area contributed by atoms with Gasteiger partial charge in [-0.1, -0.05) is 111 Å². The van der Waals surface area contributed by atoms with Gasteiger partial charge in [-0.2, -0.15) is 0 Å². The number of benzene rings is 4. The predicted octanol–water partition coefficient (Wildman–Crippen LogP) is -0.627. The van der Waals surface area contributed by atoms with E-state index >= 15 is 9.59 Å². The Morgan fingerprint density at radius 2 is 1.01 bits per heavy atom. The number of fused-ring (bicyclic) bond motifs is 3. The van der Waals surface area contributed by atoms with E-state index in [1.807, 2.05) is 0 Å². The fourth-order valence-electron chi connectivity index (χ4n) is 15.3. The van der Waals surface area contributed by atoms with Gasteiger partial charge in [-0.25, -0.2) is 4.79 Å². The van der Waals surface area contributed by atoms with Gasteiger partial charge in [0, 0.05) is 83.8 Å². The summed E-state index contributed by atoms with van der Waals surface area (Å²) in [6.45, 7) is 9.71. The predicted molar refractivity (Wildman–Crippen MR) is 488 cm³/mol. The van der Waals surface area contributed by atoms with Crippen LogP contribution in [0.25, 0.3) is 44.3 Å². The number of nitrogens with zero attached hydrogens (tertiary/aromatic N) is 2. The third-order valence-corrected chi connectivity index (χ3v) is 22.4. The van der Waals surface area contributed by atoms with Crippen molar-refractivity contribution in [1.29, 1.82) is 0 Å². The number of phenolic OH excluding ortho intramolecular Hbond substituents is 1. The van der Waals surface area contributed by atoms with Crippen LogP contribution < -0.4 is 92.2 Å². The minimum absolute atomic E-state index is 0.0558. The molecule has 3 heterocycles. The first-order valence-corrected chi connectivity index (χ1v) is 44.6.